The molecule has 0 saturated carbocycles. The van der Waals surface area contributed by atoms with Crippen LogP contribution in [-0.4, -0.2) is 29.4 Å². The smallest absolute Gasteiger partial charge is 0.407 e. The van der Waals surface area contributed by atoms with Crippen LogP contribution in [0.4, 0.5) is 4.79 Å². The minimum Gasteiger partial charge on any atom is -0.465 e. The van der Waals surface area contributed by atoms with Crippen molar-refractivity contribution in [2.45, 2.75) is 18.9 Å². The van der Waals surface area contributed by atoms with Crippen molar-refractivity contribution in [3.63, 3.8) is 0 Å². The van der Waals surface area contributed by atoms with Crippen LogP contribution in [0.25, 0.3) is 11.1 Å². The van der Waals surface area contributed by atoms with Crippen LogP contribution in [0.1, 0.15) is 22.7 Å². The molecule has 0 unspecified atom stereocenters. The summed E-state index contributed by atoms with van der Waals surface area (Å²) in [4.78, 5) is 13.2. The van der Waals surface area contributed by atoms with Crippen molar-refractivity contribution in [3.05, 3.63) is 47.0 Å². The molecule has 0 radical (unpaired) electrons. The second kappa shape index (κ2) is 4.41. The van der Waals surface area contributed by atoms with E-state index in [0.717, 1.165) is 33.8 Å². The van der Waals surface area contributed by atoms with Crippen molar-refractivity contribution in [3.8, 4) is 22.6 Å². The number of hydrogen-bond donors (Lipinski definition) is 1. The van der Waals surface area contributed by atoms with E-state index in [4.69, 9.17) is 9.47 Å². The van der Waals surface area contributed by atoms with Gasteiger partial charge in [0.1, 0.15) is 0 Å². The Kier molecular flexibility index (Phi) is 2.46. The molecule has 1 atom stereocenters. The topological polar surface area (TPSA) is 59.0 Å². The number of nitrogens with zero attached hydrogens (tertiary/aromatic N) is 1. The molecule has 2 heterocycles. The average molecular weight is 309 g/mol. The highest BCUT2D eigenvalue weighted by molar-refractivity contribution is 5.84. The maximum absolute atomic E-state index is 11.7. The summed E-state index contributed by atoms with van der Waals surface area (Å²) in [6.07, 6.45) is 0.565. The molecule has 5 heteroatoms. The molecule has 0 aromatic heterocycles. The zero-order valence-electron chi connectivity index (χ0n) is 12.4. The molecule has 116 valence electrons. The first-order valence-electron chi connectivity index (χ1n) is 7.77. The van der Waals surface area contributed by atoms with Crippen molar-refractivity contribution < 1.29 is 19.4 Å². The highest BCUT2D eigenvalue weighted by Crippen LogP contribution is 2.53. The Balaban J connectivity index is 1.84. The van der Waals surface area contributed by atoms with E-state index >= 15 is 0 Å². The molecule has 3 aliphatic rings. The molecule has 5 nitrogen and oxygen atoms in total. The second-order valence-corrected chi connectivity index (χ2v) is 6.16. The van der Waals surface area contributed by atoms with Crippen LogP contribution in [0.2, 0.25) is 0 Å². The van der Waals surface area contributed by atoms with Gasteiger partial charge in [-0.1, -0.05) is 24.3 Å². The molecule has 23 heavy (non-hydrogen) atoms. The van der Waals surface area contributed by atoms with Gasteiger partial charge in [0, 0.05) is 12.1 Å². The predicted molar refractivity (Wildman–Crippen MR) is 82.9 cm³/mol. The van der Waals surface area contributed by atoms with Gasteiger partial charge in [0.25, 0.3) is 0 Å². The minimum absolute atomic E-state index is 0.143. The monoisotopic (exact) mass is 309 g/mol. The first kappa shape index (κ1) is 12.8. The largest absolute Gasteiger partial charge is 0.465 e. The van der Waals surface area contributed by atoms with Gasteiger partial charge < -0.3 is 19.5 Å². The number of fused-ring (bicyclic) bond motifs is 4. The molecule has 1 N–H and O–H groups in total. The van der Waals surface area contributed by atoms with Gasteiger partial charge in [0.2, 0.25) is 6.79 Å². The molecule has 1 amide bonds. The standard InChI is InChI=1S/C18H15NO4/c20-18(21)19-6-5-11-8-14-17(23-9-22-14)16-12-4-2-1-3-10(12)7-13(19)15(11)16/h1-4,8,13H,5-7,9H2,(H,20,21)/t13-/m0/s1. The van der Waals surface area contributed by atoms with Gasteiger partial charge in [-0.3, -0.25) is 0 Å². The van der Waals surface area contributed by atoms with Gasteiger partial charge in [-0.2, -0.15) is 0 Å². The SMILES string of the molecule is O=C(O)N1CCc2cc3c(c4c2[C@@H]1Cc1ccccc1-4)OCO3. The summed E-state index contributed by atoms with van der Waals surface area (Å²) in [6.45, 7) is 0.745. The van der Waals surface area contributed by atoms with Crippen molar-refractivity contribution >= 4 is 6.09 Å². The van der Waals surface area contributed by atoms with Gasteiger partial charge in [0.15, 0.2) is 11.5 Å². The number of ether oxygens (including phenoxy) is 2. The summed E-state index contributed by atoms with van der Waals surface area (Å²) < 4.78 is 11.3. The van der Waals surface area contributed by atoms with E-state index in [0.29, 0.717) is 19.4 Å². The Bertz CT molecular complexity index is 845. The molecular weight excluding hydrogens is 294 g/mol. The fraction of sp³-hybridized carbons (Fsp3) is 0.278. The summed E-state index contributed by atoms with van der Waals surface area (Å²) in [7, 11) is 0. The summed E-state index contributed by atoms with van der Waals surface area (Å²) in [5.41, 5.74) is 5.60. The molecule has 0 fully saturated rings. The molecule has 2 aromatic rings. The summed E-state index contributed by atoms with van der Waals surface area (Å²) >= 11 is 0. The van der Waals surface area contributed by atoms with E-state index in [1.165, 1.54) is 5.56 Å². The van der Waals surface area contributed by atoms with Crippen LogP contribution in [-0.2, 0) is 12.8 Å². The Morgan fingerprint density at radius 2 is 2.09 bits per heavy atom. The summed E-state index contributed by atoms with van der Waals surface area (Å²) in [6, 6.07) is 10.1. The van der Waals surface area contributed by atoms with Crippen LogP contribution < -0.4 is 9.47 Å². The fourth-order valence-electron chi connectivity index (χ4n) is 4.11. The Hall–Kier alpha value is -2.69. The normalized spacial score (nSPS) is 20.0. The number of amides is 1. The van der Waals surface area contributed by atoms with Crippen molar-refractivity contribution in [2.24, 2.45) is 0 Å². The third kappa shape index (κ3) is 1.64. The third-order valence-corrected chi connectivity index (χ3v) is 5.07. The number of rotatable bonds is 0. The fourth-order valence-corrected chi connectivity index (χ4v) is 4.11. The maximum Gasteiger partial charge on any atom is 0.407 e. The van der Waals surface area contributed by atoms with Crippen LogP contribution in [0.15, 0.2) is 30.3 Å². The van der Waals surface area contributed by atoms with Gasteiger partial charge in [-0.25, -0.2) is 4.79 Å². The van der Waals surface area contributed by atoms with E-state index in [1.54, 1.807) is 4.90 Å². The molecule has 2 aromatic carbocycles. The van der Waals surface area contributed by atoms with E-state index in [2.05, 4.69) is 12.1 Å². The lowest BCUT2D eigenvalue weighted by atomic mass is 9.76. The molecule has 1 aliphatic carbocycles. The van der Waals surface area contributed by atoms with Crippen LogP contribution in [0, 0.1) is 0 Å². The second-order valence-electron chi connectivity index (χ2n) is 6.16. The van der Waals surface area contributed by atoms with Gasteiger partial charge >= 0.3 is 6.09 Å². The quantitative estimate of drug-likeness (QED) is 0.812. The van der Waals surface area contributed by atoms with Crippen molar-refractivity contribution in [1.82, 2.24) is 4.90 Å². The number of carboxylic acid groups (broad SMARTS) is 1. The van der Waals surface area contributed by atoms with E-state index < -0.39 is 6.09 Å². The summed E-state index contributed by atoms with van der Waals surface area (Å²) in [5, 5.41) is 9.59. The molecule has 2 aliphatic heterocycles. The third-order valence-electron chi connectivity index (χ3n) is 5.07. The minimum atomic E-state index is -0.858. The molecule has 0 spiro atoms. The Labute approximate surface area is 133 Å². The highest BCUT2D eigenvalue weighted by Gasteiger charge is 2.40. The average Bonchev–Trinajstić information content (AvgIpc) is 3.02. The first-order chi connectivity index (χ1) is 11.2. The van der Waals surface area contributed by atoms with E-state index in [9.17, 15) is 9.90 Å². The van der Waals surface area contributed by atoms with E-state index in [1.807, 2.05) is 18.2 Å². The van der Waals surface area contributed by atoms with Crippen LogP contribution in [0.3, 0.4) is 0 Å². The predicted octanol–water partition coefficient (Wildman–Crippen LogP) is 3.22. The Morgan fingerprint density at radius 1 is 1.22 bits per heavy atom. The van der Waals surface area contributed by atoms with E-state index in [-0.39, 0.29) is 12.8 Å². The molecule has 5 rings (SSSR count). The highest BCUT2D eigenvalue weighted by atomic mass is 16.7. The first-order valence-corrected chi connectivity index (χ1v) is 7.77. The molecular formula is C18H15NO4. The molecule has 0 bridgehead atoms. The number of carbonyl (C=O) groups is 1. The zero-order chi connectivity index (χ0) is 15.6. The molecule has 0 saturated heterocycles. The van der Waals surface area contributed by atoms with Gasteiger partial charge in [-0.15, -0.1) is 0 Å². The van der Waals surface area contributed by atoms with Gasteiger partial charge in [-0.05, 0) is 41.2 Å². The van der Waals surface area contributed by atoms with Crippen LogP contribution in [0.5, 0.6) is 11.5 Å². The lowest BCUT2D eigenvalue weighted by Gasteiger charge is -2.40. The zero-order valence-corrected chi connectivity index (χ0v) is 12.4. The maximum atomic E-state index is 11.7. The lowest BCUT2D eigenvalue weighted by Crippen LogP contribution is -2.41. The van der Waals surface area contributed by atoms with Crippen molar-refractivity contribution in [1.29, 1.82) is 0 Å². The lowest BCUT2D eigenvalue weighted by molar-refractivity contribution is 0.119. The van der Waals surface area contributed by atoms with Crippen molar-refractivity contribution in [2.75, 3.05) is 13.3 Å². The van der Waals surface area contributed by atoms with Crippen LogP contribution >= 0.6 is 0 Å². The number of hydrogen-bond acceptors (Lipinski definition) is 3. The summed E-state index contributed by atoms with van der Waals surface area (Å²) in [5.74, 6) is 1.53. The number of benzene rings is 2. The Morgan fingerprint density at radius 3 is 2.96 bits per heavy atom. The van der Waals surface area contributed by atoms with Gasteiger partial charge in [0.05, 0.1) is 6.04 Å².